The average Bonchev–Trinajstić information content (AvgIpc) is 2.89. The van der Waals surface area contributed by atoms with Crippen molar-refractivity contribution in [3.8, 4) is 5.75 Å². The summed E-state index contributed by atoms with van der Waals surface area (Å²) in [4.78, 5) is 0. The van der Waals surface area contributed by atoms with E-state index in [1.54, 1.807) is 0 Å². The van der Waals surface area contributed by atoms with Crippen LogP contribution in [0.25, 0.3) is 0 Å². The molecule has 0 aromatic heterocycles. The minimum Gasteiger partial charge on any atom is -0.494 e. The van der Waals surface area contributed by atoms with Gasteiger partial charge in [0.15, 0.2) is 11.6 Å². The van der Waals surface area contributed by atoms with Crippen molar-refractivity contribution in [2.24, 2.45) is 0 Å². The highest BCUT2D eigenvalue weighted by Gasteiger charge is 2.41. The lowest BCUT2D eigenvalue weighted by Gasteiger charge is -2.11. The van der Waals surface area contributed by atoms with Crippen LogP contribution in [0.5, 0.6) is 5.75 Å². The van der Waals surface area contributed by atoms with Gasteiger partial charge in [0.25, 0.3) is 0 Å². The van der Waals surface area contributed by atoms with Crippen molar-refractivity contribution in [2.45, 2.75) is 24.9 Å². The predicted molar refractivity (Wildman–Crippen MR) is 50.8 cm³/mol. The van der Waals surface area contributed by atoms with Crippen molar-refractivity contribution in [3.05, 3.63) is 29.3 Å². The molecule has 0 amide bonds. The van der Waals surface area contributed by atoms with E-state index in [2.05, 4.69) is 0 Å². The first-order chi connectivity index (χ1) is 7.04. The van der Waals surface area contributed by atoms with Gasteiger partial charge in [0.1, 0.15) is 5.82 Å². The van der Waals surface area contributed by atoms with Crippen molar-refractivity contribution in [1.82, 2.24) is 0 Å². The fourth-order valence-electron chi connectivity index (χ4n) is 1.57. The van der Waals surface area contributed by atoms with Gasteiger partial charge in [0.05, 0.1) is 12.7 Å². The lowest BCUT2D eigenvalue weighted by atomic mass is 10.1. The molecule has 0 atom stereocenters. The monoisotopic (exact) mass is 214 g/mol. The summed E-state index contributed by atoms with van der Waals surface area (Å²) in [6.45, 7) is 0. The van der Waals surface area contributed by atoms with Crippen LogP contribution in [0.2, 0.25) is 0 Å². The highest BCUT2D eigenvalue weighted by molar-refractivity contribution is 5.33. The van der Waals surface area contributed by atoms with E-state index in [4.69, 9.17) is 4.74 Å². The molecule has 2 nitrogen and oxygen atoms in total. The van der Waals surface area contributed by atoms with E-state index in [1.165, 1.54) is 7.11 Å². The minimum atomic E-state index is -0.834. The Balaban J connectivity index is 2.32. The number of methoxy groups -OCH3 is 1. The molecule has 0 radical (unpaired) electrons. The van der Waals surface area contributed by atoms with Crippen molar-refractivity contribution in [3.63, 3.8) is 0 Å². The van der Waals surface area contributed by atoms with Gasteiger partial charge in [-0.2, -0.15) is 0 Å². The molecule has 2 rings (SSSR count). The third-order valence-electron chi connectivity index (χ3n) is 2.65. The second kappa shape index (κ2) is 3.45. The Kier molecular flexibility index (Phi) is 2.38. The molecule has 1 aromatic rings. The van der Waals surface area contributed by atoms with Gasteiger partial charge in [0, 0.05) is 12.5 Å². The zero-order valence-electron chi connectivity index (χ0n) is 8.39. The summed E-state index contributed by atoms with van der Waals surface area (Å²) in [5.41, 5.74) is -0.661. The van der Waals surface area contributed by atoms with Crippen molar-refractivity contribution < 1.29 is 18.6 Å². The van der Waals surface area contributed by atoms with Crippen molar-refractivity contribution in [1.29, 1.82) is 0 Å². The molecule has 0 bridgehead atoms. The van der Waals surface area contributed by atoms with Crippen LogP contribution in [0.3, 0.4) is 0 Å². The molecule has 0 saturated heterocycles. The SMILES string of the molecule is COc1cc(F)cc(CC2(O)CC2)c1F. The van der Waals surface area contributed by atoms with Gasteiger partial charge >= 0.3 is 0 Å². The first-order valence-electron chi connectivity index (χ1n) is 4.78. The maximum Gasteiger partial charge on any atom is 0.168 e. The van der Waals surface area contributed by atoms with Crippen LogP contribution < -0.4 is 4.74 Å². The molecule has 82 valence electrons. The van der Waals surface area contributed by atoms with E-state index in [0.717, 1.165) is 12.1 Å². The lowest BCUT2D eigenvalue weighted by molar-refractivity contribution is 0.149. The van der Waals surface area contributed by atoms with Gasteiger partial charge in [-0.15, -0.1) is 0 Å². The van der Waals surface area contributed by atoms with E-state index in [9.17, 15) is 13.9 Å². The molecule has 1 aliphatic carbocycles. The molecule has 1 fully saturated rings. The van der Waals surface area contributed by atoms with Gasteiger partial charge in [-0.05, 0) is 24.5 Å². The summed E-state index contributed by atoms with van der Waals surface area (Å²) in [5.74, 6) is -1.25. The van der Waals surface area contributed by atoms with Crippen molar-refractivity contribution >= 4 is 0 Å². The molecule has 0 heterocycles. The fraction of sp³-hybridized carbons (Fsp3) is 0.455. The van der Waals surface area contributed by atoms with Crippen LogP contribution in [0, 0.1) is 11.6 Å². The molecule has 1 aliphatic rings. The predicted octanol–water partition coefficient (Wildman–Crippen LogP) is 2.04. The number of aliphatic hydroxyl groups is 1. The maximum atomic E-state index is 13.6. The van der Waals surface area contributed by atoms with E-state index in [-0.39, 0.29) is 17.7 Å². The van der Waals surface area contributed by atoms with Crippen LogP contribution >= 0.6 is 0 Å². The summed E-state index contributed by atoms with van der Waals surface area (Å²) in [6.07, 6.45) is 1.43. The fourth-order valence-corrected chi connectivity index (χ4v) is 1.57. The van der Waals surface area contributed by atoms with Crippen LogP contribution in [0.4, 0.5) is 8.78 Å². The molecule has 1 saturated carbocycles. The Morgan fingerprint density at radius 2 is 2.07 bits per heavy atom. The number of halogens is 2. The second-order valence-corrected chi connectivity index (χ2v) is 3.98. The Labute approximate surface area is 86.5 Å². The highest BCUT2D eigenvalue weighted by atomic mass is 19.1. The van der Waals surface area contributed by atoms with Gasteiger partial charge in [-0.3, -0.25) is 0 Å². The number of rotatable bonds is 3. The Morgan fingerprint density at radius 1 is 1.40 bits per heavy atom. The number of hydrogen-bond acceptors (Lipinski definition) is 2. The quantitative estimate of drug-likeness (QED) is 0.834. The molecular weight excluding hydrogens is 202 g/mol. The van der Waals surface area contributed by atoms with E-state index in [1.807, 2.05) is 0 Å². The van der Waals surface area contributed by atoms with Gasteiger partial charge in [0.2, 0.25) is 0 Å². The largest absolute Gasteiger partial charge is 0.494 e. The number of hydrogen-bond donors (Lipinski definition) is 1. The molecule has 0 aliphatic heterocycles. The van der Waals surface area contributed by atoms with E-state index >= 15 is 0 Å². The zero-order valence-corrected chi connectivity index (χ0v) is 8.39. The first kappa shape index (κ1) is 10.4. The third kappa shape index (κ3) is 2.09. The van der Waals surface area contributed by atoms with Gasteiger partial charge in [-0.25, -0.2) is 8.78 Å². The smallest absolute Gasteiger partial charge is 0.168 e. The Bertz CT molecular complexity index is 386. The van der Waals surface area contributed by atoms with Crippen molar-refractivity contribution in [2.75, 3.05) is 7.11 Å². The normalized spacial score (nSPS) is 17.6. The zero-order chi connectivity index (χ0) is 11.1. The molecular formula is C11H12F2O2. The summed E-state index contributed by atoms with van der Waals surface area (Å²) in [5, 5.41) is 9.63. The Morgan fingerprint density at radius 3 is 2.60 bits per heavy atom. The summed E-state index contributed by atoms with van der Waals surface area (Å²) < 4.78 is 31.4. The second-order valence-electron chi connectivity index (χ2n) is 3.98. The van der Waals surface area contributed by atoms with Crippen LogP contribution in [-0.4, -0.2) is 17.8 Å². The Hall–Kier alpha value is -1.16. The maximum absolute atomic E-state index is 13.6. The molecule has 0 unspecified atom stereocenters. The highest BCUT2D eigenvalue weighted by Crippen LogP contribution is 2.39. The summed E-state index contributed by atoms with van der Waals surface area (Å²) in [7, 11) is 1.29. The number of ether oxygens (including phenoxy) is 1. The van der Waals surface area contributed by atoms with Gasteiger partial charge in [-0.1, -0.05) is 0 Å². The van der Waals surface area contributed by atoms with Crippen LogP contribution in [-0.2, 0) is 6.42 Å². The average molecular weight is 214 g/mol. The molecule has 0 spiro atoms. The molecule has 15 heavy (non-hydrogen) atoms. The van der Waals surface area contributed by atoms with Gasteiger partial charge < -0.3 is 9.84 Å². The van der Waals surface area contributed by atoms with E-state index < -0.39 is 17.2 Å². The summed E-state index contributed by atoms with van der Waals surface area (Å²) in [6, 6.07) is 2.10. The van der Waals surface area contributed by atoms with Crippen LogP contribution in [0.1, 0.15) is 18.4 Å². The standard InChI is InChI=1S/C11H12F2O2/c1-15-9-5-8(12)4-7(10(9)13)6-11(14)2-3-11/h4-5,14H,2-3,6H2,1H3. The molecule has 1 N–H and O–H groups in total. The molecule has 1 aromatic carbocycles. The lowest BCUT2D eigenvalue weighted by Crippen LogP contribution is -2.12. The minimum absolute atomic E-state index is 0.116. The third-order valence-corrected chi connectivity index (χ3v) is 2.65. The topological polar surface area (TPSA) is 29.5 Å². The van der Waals surface area contributed by atoms with Crippen LogP contribution in [0.15, 0.2) is 12.1 Å². The number of benzene rings is 1. The first-order valence-corrected chi connectivity index (χ1v) is 4.78. The summed E-state index contributed by atoms with van der Waals surface area (Å²) >= 11 is 0. The van der Waals surface area contributed by atoms with E-state index in [0.29, 0.717) is 12.8 Å². The molecule has 4 heteroatoms.